The van der Waals surface area contributed by atoms with Crippen molar-refractivity contribution in [3.63, 3.8) is 0 Å². The van der Waals surface area contributed by atoms with Crippen molar-refractivity contribution in [3.8, 4) is 11.3 Å². The van der Waals surface area contributed by atoms with Crippen molar-refractivity contribution in [2.45, 2.75) is 12.7 Å². The van der Waals surface area contributed by atoms with Crippen LogP contribution in [0, 0.1) is 0 Å². The summed E-state index contributed by atoms with van der Waals surface area (Å²) in [5.74, 6) is -0.446. The first-order valence-corrected chi connectivity index (χ1v) is 10.2. The average Bonchev–Trinajstić information content (AvgIpc) is 3.49. The molecule has 172 valence electrons. The minimum Gasteiger partial charge on any atom is -0.382 e. The standard InChI is InChI=1S/C22H17F3N8O/c23-22(24,25)18-3-1-2-16(29-18)21(34)27-8-9-33-11-14-13-5-4-12(15-6-7-28-31-15)10-17(13)30-20(26)19(14)32-33/h1-7,10-11H,8-9H2,(H2,26,30)(H,27,34)(H,28,31). The maximum absolute atomic E-state index is 12.8. The fourth-order valence-electron chi connectivity index (χ4n) is 3.63. The first kappa shape index (κ1) is 21.4. The summed E-state index contributed by atoms with van der Waals surface area (Å²) >= 11 is 0. The van der Waals surface area contributed by atoms with Crippen LogP contribution in [0.5, 0.6) is 0 Å². The summed E-state index contributed by atoms with van der Waals surface area (Å²) in [5, 5.41) is 15.6. The number of fused-ring (bicyclic) bond motifs is 3. The number of nitrogen functional groups attached to an aromatic ring is 1. The third-order valence-electron chi connectivity index (χ3n) is 5.23. The number of H-pyrrole nitrogens is 1. The second-order valence-corrected chi connectivity index (χ2v) is 7.50. The molecule has 1 amide bonds. The van der Waals surface area contributed by atoms with E-state index in [1.54, 1.807) is 17.1 Å². The SMILES string of the molecule is Nc1nc2cc(-c3cc[nH]n3)ccc2c2cn(CCNC(=O)c3cccc(C(F)(F)F)n3)nc12. The first-order valence-electron chi connectivity index (χ1n) is 10.2. The van der Waals surface area contributed by atoms with Gasteiger partial charge >= 0.3 is 6.18 Å². The van der Waals surface area contributed by atoms with Gasteiger partial charge < -0.3 is 11.1 Å². The molecule has 5 rings (SSSR count). The Bertz CT molecular complexity index is 1510. The van der Waals surface area contributed by atoms with Crippen molar-refractivity contribution < 1.29 is 18.0 Å². The molecular weight excluding hydrogens is 449 g/mol. The Morgan fingerprint density at radius 3 is 2.74 bits per heavy atom. The lowest BCUT2D eigenvalue weighted by Crippen LogP contribution is -2.28. The zero-order valence-corrected chi connectivity index (χ0v) is 17.5. The number of anilines is 1. The molecule has 0 aliphatic heterocycles. The third-order valence-corrected chi connectivity index (χ3v) is 5.23. The summed E-state index contributed by atoms with van der Waals surface area (Å²) < 4.78 is 40.1. The van der Waals surface area contributed by atoms with Gasteiger partial charge in [0.2, 0.25) is 0 Å². The Morgan fingerprint density at radius 1 is 1.12 bits per heavy atom. The second kappa shape index (κ2) is 8.14. The number of nitrogens with one attached hydrogen (secondary N) is 2. The van der Waals surface area contributed by atoms with E-state index in [1.807, 2.05) is 24.3 Å². The molecule has 0 aliphatic rings. The normalized spacial score (nSPS) is 11.9. The number of rotatable bonds is 5. The van der Waals surface area contributed by atoms with Crippen molar-refractivity contribution in [2.24, 2.45) is 0 Å². The number of aromatic nitrogens is 6. The molecule has 5 aromatic rings. The molecule has 0 bridgehead atoms. The number of amides is 1. The molecule has 0 unspecified atom stereocenters. The Balaban J connectivity index is 1.34. The van der Waals surface area contributed by atoms with Crippen molar-refractivity contribution in [1.29, 1.82) is 0 Å². The number of nitrogens with two attached hydrogens (primary N) is 1. The van der Waals surface area contributed by atoms with Gasteiger partial charge in [-0.2, -0.15) is 23.4 Å². The van der Waals surface area contributed by atoms with Gasteiger partial charge in [0.25, 0.3) is 5.91 Å². The highest BCUT2D eigenvalue weighted by Gasteiger charge is 2.32. The lowest BCUT2D eigenvalue weighted by molar-refractivity contribution is -0.141. The zero-order chi connectivity index (χ0) is 23.9. The Morgan fingerprint density at radius 2 is 1.97 bits per heavy atom. The van der Waals surface area contributed by atoms with Gasteiger partial charge in [-0.3, -0.25) is 14.6 Å². The average molecular weight is 466 g/mol. The second-order valence-electron chi connectivity index (χ2n) is 7.50. The monoisotopic (exact) mass is 466 g/mol. The van der Waals surface area contributed by atoms with Crippen LogP contribution >= 0.6 is 0 Å². The largest absolute Gasteiger partial charge is 0.433 e. The van der Waals surface area contributed by atoms with Crippen LogP contribution in [0.25, 0.3) is 33.1 Å². The fraction of sp³-hybridized carbons (Fsp3) is 0.136. The van der Waals surface area contributed by atoms with Crippen molar-refractivity contribution in [3.05, 3.63) is 66.2 Å². The van der Waals surface area contributed by atoms with Crippen molar-refractivity contribution in [2.75, 3.05) is 12.3 Å². The quantitative estimate of drug-likeness (QED) is 0.364. The van der Waals surface area contributed by atoms with Gasteiger partial charge in [-0.05, 0) is 24.3 Å². The molecule has 4 heterocycles. The minimum absolute atomic E-state index is 0.124. The van der Waals surface area contributed by atoms with E-state index in [0.717, 1.165) is 34.2 Å². The molecule has 0 aliphatic carbocycles. The molecule has 0 saturated heterocycles. The summed E-state index contributed by atoms with van der Waals surface area (Å²) in [6.45, 7) is 0.394. The van der Waals surface area contributed by atoms with Crippen LogP contribution in [0.3, 0.4) is 0 Å². The first-order chi connectivity index (χ1) is 16.3. The Hall–Kier alpha value is -4.48. The van der Waals surface area contributed by atoms with Crippen LogP contribution in [0.1, 0.15) is 16.2 Å². The van der Waals surface area contributed by atoms with E-state index >= 15 is 0 Å². The fourth-order valence-corrected chi connectivity index (χ4v) is 3.63. The van der Waals surface area contributed by atoms with Gasteiger partial charge in [-0.15, -0.1) is 0 Å². The highest BCUT2D eigenvalue weighted by molar-refractivity contribution is 6.08. The summed E-state index contributed by atoms with van der Waals surface area (Å²) in [4.78, 5) is 20.1. The molecular formula is C22H17F3N8O. The van der Waals surface area contributed by atoms with Gasteiger partial charge in [0.15, 0.2) is 5.82 Å². The number of carbonyl (C=O) groups excluding carboxylic acids is 1. The predicted octanol–water partition coefficient (Wildman–Crippen LogP) is 3.40. The van der Waals surface area contributed by atoms with Gasteiger partial charge in [-0.25, -0.2) is 9.97 Å². The van der Waals surface area contributed by atoms with E-state index in [-0.39, 0.29) is 24.6 Å². The van der Waals surface area contributed by atoms with Crippen LogP contribution in [0.2, 0.25) is 0 Å². The highest BCUT2D eigenvalue weighted by atomic mass is 19.4. The number of nitrogens with zero attached hydrogens (tertiary/aromatic N) is 5. The van der Waals surface area contributed by atoms with E-state index in [0.29, 0.717) is 11.0 Å². The van der Waals surface area contributed by atoms with E-state index < -0.39 is 17.8 Å². The molecule has 4 N–H and O–H groups in total. The van der Waals surface area contributed by atoms with E-state index in [9.17, 15) is 18.0 Å². The summed E-state index contributed by atoms with van der Waals surface area (Å²) in [5.41, 5.74) is 7.57. The summed E-state index contributed by atoms with van der Waals surface area (Å²) in [7, 11) is 0. The van der Waals surface area contributed by atoms with Crippen LogP contribution in [-0.2, 0) is 12.7 Å². The molecule has 4 aromatic heterocycles. The van der Waals surface area contributed by atoms with Crippen LogP contribution in [0.4, 0.5) is 19.0 Å². The minimum atomic E-state index is -4.62. The Labute approximate surface area is 189 Å². The third kappa shape index (κ3) is 4.00. The Kier molecular flexibility index (Phi) is 5.11. The number of hydrogen-bond donors (Lipinski definition) is 3. The molecule has 0 fully saturated rings. The maximum Gasteiger partial charge on any atom is 0.433 e. The molecule has 0 atom stereocenters. The van der Waals surface area contributed by atoms with E-state index in [1.165, 1.54) is 6.07 Å². The van der Waals surface area contributed by atoms with Gasteiger partial charge in [-0.1, -0.05) is 18.2 Å². The van der Waals surface area contributed by atoms with E-state index in [2.05, 4.69) is 30.6 Å². The molecule has 0 radical (unpaired) electrons. The van der Waals surface area contributed by atoms with Crippen molar-refractivity contribution in [1.82, 2.24) is 35.3 Å². The predicted molar refractivity (Wildman–Crippen MR) is 119 cm³/mol. The summed E-state index contributed by atoms with van der Waals surface area (Å²) in [6, 6.07) is 10.8. The van der Waals surface area contributed by atoms with Crippen molar-refractivity contribution >= 4 is 33.5 Å². The van der Waals surface area contributed by atoms with Crippen LogP contribution in [0.15, 0.2) is 54.9 Å². The summed E-state index contributed by atoms with van der Waals surface area (Å²) in [6.07, 6.45) is -1.10. The zero-order valence-electron chi connectivity index (χ0n) is 17.5. The van der Waals surface area contributed by atoms with Crippen LogP contribution < -0.4 is 11.1 Å². The molecule has 0 spiro atoms. The molecule has 1 aromatic carbocycles. The number of carbonyl (C=O) groups is 1. The topological polar surface area (TPSA) is 127 Å². The number of halogens is 3. The van der Waals surface area contributed by atoms with Gasteiger partial charge in [0.05, 0.1) is 17.8 Å². The lowest BCUT2D eigenvalue weighted by Gasteiger charge is -2.08. The number of benzene rings is 1. The smallest absolute Gasteiger partial charge is 0.382 e. The maximum atomic E-state index is 12.8. The van der Waals surface area contributed by atoms with E-state index in [4.69, 9.17) is 5.73 Å². The van der Waals surface area contributed by atoms with Gasteiger partial charge in [0, 0.05) is 35.3 Å². The number of alkyl halides is 3. The number of hydrogen-bond acceptors (Lipinski definition) is 6. The molecule has 12 heteroatoms. The van der Waals surface area contributed by atoms with Gasteiger partial charge in [0.1, 0.15) is 16.9 Å². The highest BCUT2D eigenvalue weighted by Crippen LogP contribution is 2.30. The number of aromatic amines is 1. The lowest BCUT2D eigenvalue weighted by atomic mass is 10.1. The van der Waals surface area contributed by atoms with Crippen LogP contribution in [-0.4, -0.2) is 42.4 Å². The molecule has 9 nitrogen and oxygen atoms in total. The molecule has 0 saturated carbocycles. The molecule has 34 heavy (non-hydrogen) atoms. The number of pyridine rings is 2.